The van der Waals surface area contributed by atoms with E-state index in [1.807, 2.05) is 0 Å². The van der Waals surface area contributed by atoms with Crippen molar-refractivity contribution in [3.63, 3.8) is 0 Å². The van der Waals surface area contributed by atoms with E-state index in [0.29, 0.717) is 24.9 Å². The Morgan fingerprint density at radius 3 is 2.26 bits per heavy atom. The van der Waals surface area contributed by atoms with E-state index in [2.05, 4.69) is 5.32 Å². The number of carbonyl (C=O) groups is 1. The van der Waals surface area contributed by atoms with E-state index in [-0.39, 0.29) is 23.9 Å². The van der Waals surface area contributed by atoms with Gasteiger partial charge in [-0.1, -0.05) is 30.3 Å². The van der Waals surface area contributed by atoms with Crippen molar-refractivity contribution in [1.82, 2.24) is 10.2 Å². The number of hydrogen-bond donors (Lipinski definition) is 1. The molecule has 3 atom stereocenters. The number of fused-ring (bicyclic) bond motifs is 1. The zero-order chi connectivity index (χ0) is 15.7. The maximum Gasteiger partial charge on any atom is 0.396 e. The van der Waals surface area contributed by atoms with E-state index in [1.165, 1.54) is 12.1 Å². The highest BCUT2D eigenvalue weighted by Gasteiger charge is 2.44. The number of carbonyl (C=O) groups excluding carboxylic acids is 1. The van der Waals surface area contributed by atoms with Gasteiger partial charge in [0, 0.05) is 32.6 Å². The first-order chi connectivity index (χ1) is 10.4. The van der Waals surface area contributed by atoms with Gasteiger partial charge in [0.05, 0.1) is 5.92 Å². The molecule has 0 spiro atoms. The Kier molecular flexibility index (Phi) is 5.57. The summed E-state index contributed by atoms with van der Waals surface area (Å²) >= 11 is 0. The molecular formula is C16H20ClF3N2O. The average Bonchev–Trinajstić information content (AvgIpc) is 3.05. The summed E-state index contributed by atoms with van der Waals surface area (Å²) in [7, 11) is 0. The van der Waals surface area contributed by atoms with E-state index < -0.39 is 18.5 Å². The Balaban J connectivity index is 0.00000192. The Labute approximate surface area is 139 Å². The second kappa shape index (κ2) is 7.09. The highest BCUT2D eigenvalue weighted by atomic mass is 35.5. The Morgan fingerprint density at radius 2 is 1.74 bits per heavy atom. The van der Waals surface area contributed by atoms with Gasteiger partial charge in [-0.05, 0) is 17.4 Å². The molecule has 2 aliphatic heterocycles. The molecule has 0 bridgehead atoms. The lowest BCUT2D eigenvalue weighted by atomic mass is 9.94. The number of alkyl halides is 3. The largest absolute Gasteiger partial charge is 0.396 e. The molecule has 2 saturated heterocycles. The third kappa shape index (κ3) is 3.98. The predicted molar refractivity (Wildman–Crippen MR) is 83.5 cm³/mol. The van der Waals surface area contributed by atoms with Gasteiger partial charge in [0.15, 0.2) is 0 Å². The minimum absolute atomic E-state index is 0. The van der Waals surface area contributed by atoms with Crippen LogP contribution >= 0.6 is 12.4 Å². The summed E-state index contributed by atoms with van der Waals surface area (Å²) in [5, 5.41) is 3.26. The number of hydrogen-bond acceptors (Lipinski definition) is 2. The molecule has 2 fully saturated rings. The molecule has 0 aliphatic carbocycles. The third-order valence-corrected chi connectivity index (χ3v) is 4.72. The molecule has 3 nitrogen and oxygen atoms in total. The molecule has 2 aliphatic rings. The molecule has 23 heavy (non-hydrogen) atoms. The standard InChI is InChI=1S/C16H19F3N2O.ClH/c17-16(18,19)14(11-4-2-1-3-5-11)6-15(22)21-9-12-7-20-8-13(12)10-21;/h1-5,12-14,20H,6-10H2;1H/t12-,13+,14?;. The zero-order valence-electron chi connectivity index (χ0n) is 12.6. The number of halogens is 4. The fraction of sp³-hybridized carbons (Fsp3) is 0.562. The first-order valence-corrected chi connectivity index (χ1v) is 7.55. The summed E-state index contributed by atoms with van der Waals surface area (Å²) < 4.78 is 39.9. The summed E-state index contributed by atoms with van der Waals surface area (Å²) in [6, 6.07) is 7.70. The maximum absolute atomic E-state index is 13.3. The van der Waals surface area contributed by atoms with Crippen LogP contribution in [0.2, 0.25) is 0 Å². The van der Waals surface area contributed by atoms with Crippen molar-refractivity contribution in [1.29, 1.82) is 0 Å². The number of nitrogens with one attached hydrogen (secondary N) is 1. The van der Waals surface area contributed by atoms with Gasteiger partial charge >= 0.3 is 6.18 Å². The lowest BCUT2D eigenvalue weighted by Gasteiger charge is -2.24. The molecule has 1 unspecified atom stereocenters. The molecule has 1 aromatic rings. The van der Waals surface area contributed by atoms with E-state index in [9.17, 15) is 18.0 Å². The summed E-state index contributed by atoms with van der Waals surface area (Å²) in [6.45, 7) is 2.87. The normalized spacial score (nSPS) is 24.9. The molecule has 3 rings (SSSR count). The number of benzene rings is 1. The molecule has 0 saturated carbocycles. The molecule has 2 heterocycles. The summed E-state index contributed by atoms with van der Waals surface area (Å²) in [5.41, 5.74) is 0.157. The fourth-order valence-corrected chi connectivity index (χ4v) is 3.47. The van der Waals surface area contributed by atoms with Crippen LogP contribution in [0.25, 0.3) is 0 Å². The van der Waals surface area contributed by atoms with Gasteiger partial charge in [-0.2, -0.15) is 13.2 Å². The van der Waals surface area contributed by atoms with Crippen molar-refractivity contribution in [3.8, 4) is 0 Å². The summed E-state index contributed by atoms with van der Waals surface area (Å²) in [5.74, 6) is -1.32. The lowest BCUT2D eigenvalue weighted by molar-refractivity contribution is -0.160. The summed E-state index contributed by atoms with van der Waals surface area (Å²) in [4.78, 5) is 13.9. The molecule has 0 aromatic heterocycles. The van der Waals surface area contributed by atoms with Gasteiger partial charge in [-0.3, -0.25) is 4.79 Å². The minimum atomic E-state index is -4.41. The molecule has 1 N–H and O–H groups in total. The van der Waals surface area contributed by atoms with Gasteiger partial charge in [0.2, 0.25) is 5.91 Å². The van der Waals surface area contributed by atoms with E-state index in [1.54, 1.807) is 23.1 Å². The smallest absolute Gasteiger partial charge is 0.342 e. The first kappa shape index (κ1) is 18.1. The molecule has 7 heteroatoms. The first-order valence-electron chi connectivity index (χ1n) is 7.55. The van der Waals surface area contributed by atoms with Crippen LogP contribution in [-0.2, 0) is 4.79 Å². The number of likely N-dealkylation sites (tertiary alicyclic amines) is 1. The molecule has 0 radical (unpaired) electrons. The van der Waals surface area contributed by atoms with Crippen LogP contribution in [0.4, 0.5) is 13.2 Å². The topological polar surface area (TPSA) is 32.3 Å². The van der Waals surface area contributed by atoms with E-state index in [4.69, 9.17) is 0 Å². The Hall–Kier alpha value is -1.27. The minimum Gasteiger partial charge on any atom is -0.342 e. The van der Waals surface area contributed by atoms with Crippen molar-refractivity contribution in [2.24, 2.45) is 11.8 Å². The van der Waals surface area contributed by atoms with Crippen LogP contribution in [0.15, 0.2) is 30.3 Å². The van der Waals surface area contributed by atoms with E-state index in [0.717, 1.165) is 13.1 Å². The third-order valence-electron chi connectivity index (χ3n) is 4.72. The summed E-state index contributed by atoms with van der Waals surface area (Å²) in [6.07, 6.45) is -4.91. The van der Waals surface area contributed by atoms with Gasteiger partial charge in [0.1, 0.15) is 0 Å². The van der Waals surface area contributed by atoms with Crippen LogP contribution in [0, 0.1) is 11.8 Å². The molecular weight excluding hydrogens is 329 g/mol. The van der Waals surface area contributed by atoms with Gasteiger partial charge in [-0.15, -0.1) is 12.4 Å². The second-order valence-electron chi connectivity index (χ2n) is 6.19. The van der Waals surface area contributed by atoms with Crippen LogP contribution in [0.3, 0.4) is 0 Å². The van der Waals surface area contributed by atoms with Crippen LogP contribution in [0.1, 0.15) is 17.9 Å². The van der Waals surface area contributed by atoms with Gasteiger partial charge in [0.25, 0.3) is 0 Å². The maximum atomic E-state index is 13.3. The van der Waals surface area contributed by atoms with Crippen LogP contribution in [-0.4, -0.2) is 43.2 Å². The van der Waals surface area contributed by atoms with Gasteiger partial charge < -0.3 is 10.2 Å². The number of amides is 1. The average molecular weight is 349 g/mol. The SMILES string of the molecule is Cl.O=C(CC(c1ccccc1)C(F)(F)F)N1C[C@H]2CNC[C@H]2C1. The quantitative estimate of drug-likeness (QED) is 0.911. The zero-order valence-corrected chi connectivity index (χ0v) is 13.4. The fourth-order valence-electron chi connectivity index (χ4n) is 3.47. The van der Waals surface area contributed by atoms with Crippen molar-refractivity contribution in [2.75, 3.05) is 26.2 Å². The van der Waals surface area contributed by atoms with Crippen LogP contribution < -0.4 is 5.32 Å². The highest BCUT2D eigenvalue weighted by Crippen LogP contribution is 2.38. The molecule has 128 valence electrons. The van der Waals surface area contributed by atoms with E-state index >= 15 is 0 Å². The number of nitrogens with zero attached hydrogens (tertiary/aromatic N) is 1. The molecule has 1 amide bonds. The lowest BCUT2D eigenvalue weighted by Crippen LogP contribution is -2.35. The monoisotopic (exact) mass is 348 g/mol. The predicted octanol–water partition coefficient (Wildman–Crippen LogP) is 2.82. The van der Waals surface area contributed by atoms with Crippen molar-refractivity contribution < 1.29 is 18.0 Å². The Bertz CT molecular complexity index is 526. The van der Waals surface area contributed by atoms with Crippen molar-refractivity contribution in [2.45, 2.75) is 18.5 Å². The van der Waals surface area contributed by atoms with Crippen molar-refractivity contribution >= 4 is 18.3 Å². The second-order valence-corrected chi connectivity index (χ2v) is 6.19. The Morgan fingerprint density at radius 1 is 1.17 bits per heavy atom. The van der Waals surface area contributed by atoms with Crippen molar-refractivity contribution in [3.05, 3.63) is 35.9 Å². The van der Waals surface area contributed by atoms with Crippen LogP contribution in [0.5, 0.6) is 0 Å². The van der Waals surface area contributed by atoms with Gasteiger partial charge in [-0.25, -0.2) is 0 Å². The number of rotatable bonds is 3. The highest BCUT2D eigenvalue weighted by molar-refractivity contribution is 5.85. The molecule has 1 aromatic carbocycles.